The first-order valence-electron chi connectivity index (χ1n) is 8.71. The molecule has 0 fully saturated rings. The van der Waals surface area contributed by atoms with Gasteiger partial charge in [0.05, 0.1) is 26.8 Å². The third-order valence-electron chi connectivity index (χ3n) is 4.33. The molecular formula is C20H22N2O6. The summed E-state index contributed by atoms with van der Waals surface area (Å²) < 4.78 is 21.0. The third-order valence-corrected chi connectivity index (χ3v) is 4.33. The van der Waals surface area contributed by atoms with Crippen molar-refractivity contribution in [2.45, 2.75) is 13.0 Å². The number of carbonyl (C=O) groups excluding carboxylic acids is 2. The van der Waals surface area contributed by atoms with Crippen LogP contribution in [0.1, 0.15) is 28.9 Å². The molecular weight excluding hydrogens is 364 g/mol. The Morgan fingerprint density at radius 1 is 1.07 bits per heavy atom. The summed E-state index contributed by atoms with van der Waals surface area (Å²) in [6.07, 6.45) is 0. The van der Waals surface area contributed by atoms with Gasteiger partial charge in [0, 0.05) is 11.1 Å². The van der Waals surface area contributed by atoms with Crippen molar-refractivity contribution in [3.05, 3.63) is 47.5 Å². The summed E-state index contributed by atoms with van der Waals surface area (Å²) in [6.45, 7) is 1.80. The smallest absolute Gasteiger partial charge is 0.251 e. The fourth-order valence-corrected chi connectivity index (χ4v) is 2.85. The van der Waals surface area contributed by atoms with Crippen LogP contribution in [0.4, 0.5) is 0 Å². The predicted molar refractivity (Wildman–Crippen MR) is 101 cm³/mol. The van der Waals surface area contributed by atoms with Gasteiger partial charge in [-0.15, -0.1) is 0 Å². The van der Waals surface area contributed by atoms with Crippen molar-refractivity contribution in [2.75, 3.05) is 27.6 Å². The molecule has 28 heavy (non-hydrogen) atoms. The highest BCUT2D eigenvalue weighted by atomic mass is 16.7. The fraction of sp³-hybridized carbons (Fsp3) is 0.300. The average Bonchev–Trinajstić information content (AvgIpc) is 3.19. The van der Waals surface area contributed by atoms with Crippen molar-refractivity contribution in [2.24, 2.45) is 0 Å². The number of carbonyl (C=O) groups is 2. The Morgan fingerprint density at radius 2 is 1.86 bits per heavy atom. The zero-order valence-corrected chi connectivity index (χ0v) is 15.9. The van der Waals surface area contributed by atoms with Crippen molar-refractivity contribution < 1.29 is 28.5 Å². The van der Waals surface area contributed by atoms with E-state index in [9.17, 15) is 9.59 Å². The van der Waals surface area contributed by atoms with Crippen molar-refractivity contribution in [3.8, 4) is 23.0 Å². The van der Waals surface area contributed by atoms with Gasteiger partial charge in [0.15, 0.2) is 11.5 Å². The molecule has 2 aromatic rings. The quantitative estimate of drug-likeness (QED) is 0.756. The van der Waals surface area contributed by atoms with Gasteiger partial charge < -0.3 is 29.6 Å². The van der Waals surface area contributed by atoms with E-state index >= 15 is 0 Å². The number of amides is 2. The number of methoxy groups -OCH3 is 2. The Hall–Kier alpha value is -3.42. The predicted octanol–water partition coefficient (Wildman–Crippen LogP) is 2.04. The molecule has 1 aliphatic rings. The van der Waals surface area contributed by atoms with Gasteiger partial charge in [0.1, 0.15) is 11.5 Å². The summed E-state index contributed by atoms with van der Waals surface area (Å²) in [5, 5.41) is 5.43. The maximum atomic E-state index is 12.3. The van der Waals surface area contributed by atoms with Gasteiger partial charge in [-0.05, 0) is 43.3 Å². The monoisotopic (exact) mass is 386 g/mol. The van der Waals surface area contributed by atoms with Gasteiger partial charge in [-0.25, -0.2) is 0 Å². The third kappa shape index (κ3) is 4.28. The number of hydrogen-bond donors (Lipinski definition) is 2. The zero-order chi connectivity index (χ0) is 20.1. The van der Waals surface area contributed by atoms with E-state index in [1.165, 1.54) is 0 Å². The van der Waals surface area contributed by atoms with Crippen molar-refractivity contribution in [3.63, 3.8) is 0 Å². The summed E-state index contributed by atoms with van der Waals surface area (Å²) >= 11 is 0. The van der Waals surface area contributed by atoms with Gasteiger partial charge >= 0.3 is 0 Å². The second-order valence-corrected chi connectivity index (χ2v) is 6.15. The van der Waals surface area contributed by atoms with Crippen LogP contribution in [0, 0.1) is 0 Å². The summed E-state index contributed by atoms with van der Waals surface area (Å²) in [5.41, 5.74) is 1.16. The lowest BCUT2D eigenvalue weighted by Crippen LogP contribution is -2.38. The number of nitrogens with one attached hydrogen (secondary N) is 2. The number of rotatable bonds is 7. The minimum absolute atomic E-state index is 0.133. The highest BCUT2D eigenvalue weighted by Gasteiger charge is 2.18. The van der Waals surface area contributed by atoms with Crippen molar-refractivity contribution in [1.29, 1.82) is 0 Å². The van der Waals surface area contributed by atoms with E-state index in [1.54, 1.807) is 50.6 Å². The van der Waals surface area contributed by atoms with Crippen LogP contribution in [0.2, 0.25) is 0 Å². The molecule has 3 rings (SSSR count). The molecule has 8 nitrogen and oxygen atoms in total. The van der Waals surface area contributed by atoms with Crippen molar-refractivity contribution in [1.82, 2.24) is 10.6 Å². The fourth-order valence-electron chi connectivity index (χ4n) is 2.85. The van der Waals surface area contributed by atoms with Crippen molar-refractivity contribution >= 4 is 11.8 Å². The minimum Gasteiger partial charge on any atom is -0.497 e. The average molecular weight is 386 g/mol. The zero-order valence-electron chi connectivity index (χ0n) is 15.9. The molecule has 0 aromatic heterocycles. The lowest BCUT2D eigenvalue weighted by Gasteiger charge is -2.18. The Labute approximate surface area is 162 Å². The van der Waals surface area contributed by atoms with E-state index in [4.69, 9.17) is 18.9 Å². The Balaban J connectivity index is 1.57. The largest absolute Gasteiger partial charge is 0.497 e. The Bertz CT molecular complexity index is 883. The molecule has 148 valence electrons. The van der Waals surface area contributed by atoms with Gasteiger partial charge in [-0.1, -0.05) is 0 Å². The summed E-state index contributed by atoms with van der Waals surface area (Å²) in [6, 6.07) is 9.88. The molecule has 2 N–H and O–H groups in total. The topological polar surface area (TPSA) is 95.1 Å². The highest BCUT2D eigenvalue weighted by molar-refractivity contribution is 5.97. The van der Waals surface area contributed by atoms with Crippen LogP contribution in [0.3, 0.4) is 0 Å². The molecule has 0 radical (unpaired) electrons. The van der Waals surface area contributed by atoms with E-state index < -0.39 is 0 Å². The first-order chi connectivity index (χ1) is 13.5. The molecule has 0 aliphatic carbocycles. The molecule has 0 saturated carbocycles. The van der Waals surface area contributed by atoms with Crippen LogP contribution < -0.4 is 29.6 Å². The summed E-state index contributed by atoms with van der Waals surface area (Å²) in [7, 11) is 3.13. The molecule has 0 bridgehead atoms. The standard InChI is InChI=1S/C20H22N2O6/c1-12(15-9-14(25-2)5-7-16(15)26-3)22-19(23)10-21-20(24)13-4-6-17-18(8-13)28-11-27-17/h4-9,12H,10-11H2,1-3H3,(H,21,24)(H,22,23)/t12-/m0/s1. The van der Waals surface area contributed by atoms with Crippen LogP contribution in [0.5, 0.6) is 23.0 Å². The van der Waals surface area contributed by atoms with E-state index in [0.29, 0.717) is 28.6 Å². The first kappa shape index (κ1) is 19.3. The first-order valence-corrected chi connectivity index (χ1v) is 8.71. The van der Waals surface area contributed by atoms with Gasteiger partial charge in [-0.2, -0.15) is 0 Å². The highest BCUT2D eigenvalue weighted by Crippen LogP contribution is 2.32. The Kier molecular flexibility index (Phi) is 5.88. The number of fused-ring (bicyclic) bond motifs is 1. The molecule has 1 heterocycles. The molecule has 8 heteroatoms. The molecule has 1 aliphatic heterocycles. The molecule has 2 amide bonds. The van der Waals surface area contributed by atoms with E-state index in [-0.39, 0.29) is 31.2 Å². The maximum Gasteiger partial charge on any atom is 0.251 e. The Morgan fingerprint density at radius 3 is 2.61 bits per heavy atom. The minimum atomic E-state index is -0.375. The van der Waals surface area contributed by atoms with Gasteiger partial charge in [0.25, 0.3) is 5.91 Å². The van der Waals surface area contributed by atoms with Gasteiger partial charge in [0.2, 0.25) is 12.7 Å². The molecule has 0 spiro atoms. The maximum absolute atomic E-state index is 12.3. The second kappa shape index (κ2) is 8.51. The van der Waals surface area contributed by atoms with Crippen LogP contribution in [-0.4, -0.2) is 39.4 Å². The summed E-state index contributed by atoms with van der Waals surface area (Å²) in [5.74, 6) is 1.70. The molecule has 2 aromatic carbocycles. The lowest BCUT2D eigenvalue weighted by atomic mass is 10.1. The van der Waals surface area contributed by atoms with Crippen LogP contribution in [-0.2, 0) is 4.79 Å². The molecule has 0 saturated heterocycles. The van der Waals surface area contributed by atoms with Crippen LogP contribution in [0.25, 0.3) is 0 Å². The lowest BCUT2D eigenvalue weighted by molar-refractivity contribution is -0.120. The van der Waals surface area contributed by atoms with E-state index in [0.717, 1.165) is 5.56 Å². The van der Waals surface area contributed by atoms with Crippen LogP contribution in [0.15, 0.2) is 36.4 Å². The summed E-state index contributed by atoms with van der Waals surface area (Å²) in [4.78, 5) is 24.5. The molecule has 0 unspecified atom stereocenters. The van der Waals surface area contributed by atoms with E-state index in [2.05, 4.69) is 10.6 Å². The molecule has 1 atom stereocenters. The van der Waals surface area contributed by atoms with E-state index in [1.807, 2.05) is 6.92 Å². The number of benzene rings is 2. The number of hydrogen-bond acceptors (Lipinski definition) is 6. The normalized spacial score (nSPS) is 12.8. The SMILES string of the molecule is COc1ccc(OC)c([C@H](C)NC(=O)CNC(=O)c2ccc3c(c2)OCO3)c1. The number of ether oxygens (including phenoxy) is 4. The van der Waals surface area contributed by atoms with Crippen LogP contribution >= 0.6 is 0 Å². The second-order valence-electron chi connectivity index (χ2n) is 6.15. The van der Waals surface area contributed by atoms with Gasteiger partial charge in [-0.3, -0.25) is 9.59 Å².